The molecule has 0 bridgehead atoms. The van der Waals surface area contributed by atoms with Crippen molar-refractivity contribution in [3.05, 3.63) is 52.8 Å². The molecule has 0 spiro atoms. The van der Waals surface area contributed by atoms with E-state index in [0.29, 0.717) is 5.92 Å². The number of aliphatic imine (C=N–C) groups is 1. The summed E-state index contributed by atoms with van der Waals surface area (Å²) < 4.78 is 1.87. The van der Waals surface area contributed by atoms with E-state index in [0.717, 1.165) is 43.5 Å². The van der Waals surface area contributed by atoms with Crippen LogP contribution in [0.1, 0.15) is 23.5 Å². The van der Waals surface area contributed by atoms with E-state index < -0.39 is 0 Å². The number of guanidine groups is 1. The number of hydrogen-bond acceptors (Lipinski definition) is 2. The Hall–Kier alpha value is -1.28. The number of nitrogens with zero attached hydrogens (tertiary/aromatic N) is 4. The third-order valence-electron chi connectivity index (χ3n) is 4.51. The molecule has 1 aromatic heterocycles. The van der Waals surface area contributed by atoms with Crippen LogP contribution in [0.2, 0.25) is 5.02 Å². The molecule has 0 saturated carbocycles. The maximum Gasteiger partial charge on any atom is 0.193 e. The fraction of sp³-hybridized carbons (Fsp3) is 0.444. The normalized spacial score (nSPS) is 17.5. The second-order valence-corrected chi connectivity index (χ2v) is 6.67. The number of nitrogens with one attached hydrogen (secondary N) is 1. The molecule has 0 aliphatic carbocycles. The molecule has 0 amide bonds. The summed E-state index contributed by atoms with van der Waals surface area (Å²) in [6, 6.07) is 8.01. The van der Waals surface area contributed by atoms with Crippen molar-refractivity contribution in [3.63, 3.8) is 0 Å². The van der Waals surface area contributed by atoms with Gasteiger partial charge in [-0.2, -0.15) is 5.10 Å². The fourth-order valence-electron chi connectivity index (χ4n) is 3.18. The fourth-order valence-corrected chi connectivity index (χ4v) is 3.30. The highest BCUT2D eigenvalue weighted by molar-refractivity contribution is 14.0. The molecule has 2 heterocycles. The molecule has 7 heteroatoms. The topological polar surface area (TPSA) is 45.5 Å². The Morgan fingerprint density at radius 1 is 1.36 bits per heavy atom. The summed E-state index contributed by atoms with van der Waals surface area (Å²) >= 11 is 5.92. The molecule has 136 valence electrons. The lowest BCUT2D eigenvalue weighted by Gasteiger charge is -2.21. The summed E-state index contributed by atoms with van der Waals surface area (Å²) in [7, 11) is 3.81. The Labute approximate surface area is 171 Å². The summed E-state index contributed by atoms with van der Waals surface area (Å²) in [6.45, 7) is 2.88. The van der Waals surface area contributed by atoms with E-state index in [2.05, 4.69) is 38.6 Å². The highest BCUT2D eigenvalue weighted by Gasteiger charge is 2.26. The Kier molecular flexibility index (Phi) is 7.56. The number of aryl methyl sites for hydroxylation is 1. The minimum Gasteiger partial charge on any atom is -0.356 e. The predicted molar refractivity (Wildman–Crippen MR) is 114 cm³/mol. The molecule has 1 aliphatic heterocycles. The van der Waals surface area contributed by atoms with Gasteiger partial charge < -0.3 is 10.2 Å². The van der Waals surface area contributed by atoms with Crippen molar-refractivity contribution in [1.82, 2.24) is 20.0 Å². The molecule has 1 fully saturated rings. The molecular formula is C18H25ClIN5. The van der Waals surface area contributed by atoms with Gasteiger partial charge >= 0.3 is 0 Å². The van der Waals surface area contributed by atoms with Crippen molar-refractivity contribution in [2.75, 3.05) is 26.7 Å². The molecule has 1 aromatic carbocycles. The molecule has 1 atom stereocenters. The van der Waals surface area contributed by atoms with Crippen LogP contribution < -0.4 is 5.32 Å². The third-order valence-corrected chi connectivity index (χ3v) is 4.76. The summed E-state index contributed by atoms with van der Waals surface area (Å²) in [5.74, 6) is 1.52. The van der Waals surface area contributed by atoms with Crippen molar-refractivity contribution in [2.45, 2.75) is 18.8 Å². The summed E-state index contributed by atoms with van der Waals surface area (Å²) in [5, 5.41) is 8.54. The first-order valence-corrected chi connectivity index (χ1v) is 8.72. The first kappa shape index (κ1) is 20.0. The minimum absolute atomic E-state index is 0. The molecule has 0 radical (unpaired) electrons. The summed E-state index contributed by atoms with van der Waals surface area (Å²) in [4.78, 5) is 6.77. The van der Waals surface area contributed by atoms with Crippen molar-refractivity contribution in [2.24, 2.45) is 12.0 Å². The molecule has 1 unspecified atom stereocenters. The van der Waals surface area contributed by atoms with Crippen LogP contribution >= 0.6 is 35.6 Å². The van der Waals surface area contributed by atoms with Crippen molar-refractivity contribution < 1.29 is 0 Å². The lowest BCUT2D eigenvalue weighted by Crippen LogP contribution is -2.40. The first-order valence-electron chi connectivity index (χ1n) is 8.34. The van der Waals surface area contributed by atoms with Crippen molar-refractivity contribution in [3.8, 4) is 0 Å². The van der Waals surface area contributed by atoms with E-state index in [4.69, 9.17) is 11.6 Å². The van der Waals surface area contributed by atoms with Gasteiger partial charge in [-0.15, -0.1) is 24.0 Å². The van der Waals surface area contributed by atoms with Crippen LogP contribution in [-0.2, 0) is 13.5 Å². The summed E-state index contributed by atoms with van der Waals surface area (Å²) in [5.41, 5.74) is 2.59. The van der Waals surface area contributed by atoms with Crippen LogP contribution in [0.3, 0.4) is 0 Å². The molecular weight excluding hydrogens is 449 g/mol. The third kappa shape index (κ3) is 5.34. The van der Waals surface area contributed by atoms with Gasteiger partial charge in [-0.3, -0.25) is 9.67 Å². The molecule has 1 N–H and O–H groups in total. The zero-order valence-electron chi connectivity index (χ0n) is 14.7. The maximum atomic E-state index is 5.92. The van der Waals surface area contributed by atoms with Crippen LogP contribution in [0.15, 0.2) is 41.7 Å². The maximum absolute atomic E-state index is 5.92. The number of aromatic nitrogens is 2. The average Bonchev–Trinajstić information content (AvgIpc) is 3.22. The van der Waals surface area contributed by atoms with Gasteiger partial charge in [0.05, 0.1) is 6.20 Å². The Morgan fingerprint density at radius 3 is 2.76 bits per heavy atom. The lowest BCUT2D eigenvalue weighted by atomic mass is 10.0. The number of rotatable bonds is 4. The van der Waals surface area contributed by atoms with E-state index >= 15 is 0 Å². The molecule has 2 aromatic rings. The molecule has 3 rings (SSSR count). The van der Waals surface area contributed by atoms with Gasteiger partial charge in [-0.25, -0.2) is 0 Å². The molecule has 1 aliphatic rings. The highest BCUT2D eigenvalue weighted by Crippen LogP contribution is 2.26. The van der Waals surface area contributed by atoms with Gasteiger partial charge in [-0.05, 0) is 36.1 Å². The monoisotopic (exact) mass is 473 g/mol. The standard InChI is InChI=1S/C18H24ClN5.HI/c1-20-18(21-9-7-14-3-5-17(19)6-4-14)24-10-8-15(13-24)16-11-22-23(2)12-16;/h3-6,11-12,15H,7-10,13H2,1-2H3,(H,20,21);1H. The van der Waals surface area contributed by atoms with E-state index in [1.54, 1.807) is 0 Å². The van der Waals surface area contributed by atoms with Gasteiger partial charge in [0.2, 0.25) is 0 Å². The SMILES string of the molecule is CN=C(NCCc1ccc(Cl)cc1)N1CCC(c2cnn(C)c2)C1.I. The van der Waals surface area contributed by atoms with Crippen molar-refractivity contribution >= 4 is 41.5 Å². The van der Waals surface area contributed by atoms with E-state index in [-0.39, 0.29) is 24.0 Å². The van der Waals surface area contributed by atoms with E-state index in [9.17, 15) is 0 Å². The van der Waals surface area contributed by atoms with Gasteiger partial charge in [0.15, 0.2) is 5.96 Å². The van der Waals surface area contributed by atoms with E-state index in [1.807, 2.05) is 37.1 Å². The van der Waals surface area contributed by atoms with Gasteiger partial charge in [0.25, 0.3) is 0 Å². The smallest absolute Gasteiger partial charge is 0.193 e. The quantitative estimate of drug-likeness (QED) is 0.421. The first-order chi connectivity index (χ1) is 11.7. The largest absolute Gasteiger partial charge is 0.356 e. The molecule has 5 nitrogen and oxygen atoms in total. The Morgan fingerprint density at radius 2 is 2.12 bits per heavy atom. The zero-order valence-corrected chi connectivity index (χ0v) is 17.7. The van der Waals surface area contributed by atoms with Crippen LogP contribution in [-0.4, -0.2) is 47.3 Å². The zero-order chi connectivity index (χ0) is 16.9. The van der Waals surface area contributed by atoms with Crippen LogP contribution in [0.25, 0.3) is 0 Å². The van der Waals surface area contributed by atoms with E-state index in [1.165, 1.54) is 11.1 Å². The van der Waals surface area contributed by atoms with Crippen LogP contribution in [0, 0.1) is 0 Å². The lowest BCUT2D eigenvalue weighted by molar-refractivity contribution is 0.486. The predicted octanol–water partition coefficient (Wildman–Crippen LogP) is 3.30. The Bertz CT molecular complexity index is 698. The van der Waals surface area contributed by atoms with Gasteiger partial charge in [0, 0.05) is 50.9 Å². The second kappa shape index (κ2) is 9.43. The van der Waals surface area contributed by atoms with Gasteiger partial charge in [0.1, 0.15) is 0 Å². The molecule has 1 saturated heterocycles. The summed E-state index contributed by atoms with van der Waals surface area (Å²) in [6.07, 6.45) is 6.19. The van der Waals surface area contributed by atoms with Crippen molar-refractivity contribution in [1.29, 1.82) is 0 Å². The number of halogens is 2. The number of likely N-dealkylation sites (tertiary alicyclic amines) is 1. The Balaban J connectivity index is 0.00000225. The average molecular weight is 474 g/mol. The number of hydrogen-bond donors (Lipinski definition) is 1. The minimum atomic E-state index is 0. The highest BCUT2D eigenvalue weighted by atomic mass is 127. The molecule has 25 heavy (non-hydrogen) atoms. The van der Waals surface area contributed by atoms with Gasteiger partial charge in [-0.1, -0.05) is 23.7 Å². The second-order valence-electron chi connectivity index (χ2n) is 6.23. The van der Waals surface area contributed by atoms with Crippen LogP contribution in [0.4, 0.5) is 0 Å². The van der Waals surface area contributed by atoms with Crippen LogP contribution in [0.5, 0.6) is 0 Å². The number of benzene rings is 1.